The summed E-state index contributed by atoms with van der Waals surface area (Å²) in [5, 5.41) is 8.92. The van der Waals surface area contributed by atoms with Gasteiger partial charge in [0.25, 0.3) is 0 Å². The molecule has 0 aromatic carbocycles. The van der Waals surface area contributed by atoms with Crippen LogP contribution in [0.15, 0.2) is 11.3 Å². The first kappa shape index (κ1) is 13.9. The number of ether oxygens (including phenoxy) is 1. The molecule has 0 amide bonds. The lowest BCUT2D eigenvalue weighted by Gasteiger charge is -2.14. The lowest BCUT2D eigenvalue weighted by molar-refractivity contribution is -0.139. The molecule has 0 spiro atoms. The topological polar surface area (TPSA) is 46.5 Å². The minimum atomic E-state index is -4.58. The van der Waals surface area contributed by atoms with Crippen molar-refractivity contribution in [3.05, 3.63) is 11.3 Å². The lowest BCUT2D eigenvalue weighted by atomic mass is 10.0. The normalized spacial score (nSPS) is 28.4. The van der Waals surface area contributed by atoms with Crippen LogP contribution in [0.3, 0.4) is 0 Å². The standard InChI is InChI=1S/C11H15F3O3/c1-5(8(17-4)11(12,13)14)6-7(9(15)16)10(6,2)3/h6-7H,1-4H3,(H,15,16). The van der Waals surface area contributed by atoms with Gasteiger partial charge in [0.15, 0.2) is 5.76 Å². The van der Waals surface area contributed by atoms with E-state index in [9.17, 15) is 18.0 Å². The molecule has 2 atom stereocenters. The van der Waals surface area contributed by atoms with Crippen LogP contribution in [0.1, 0.15) is 20.8 Å². The third-order valence-electron chi connectivity index (χ3n) is 3.38. The average Bonchev–Trinajstić information content (AvgIpc) is 2.67. The second-order valence-corrected chi connectivity index (χ2v) is 4.83. The Morgan fingerprint density at radius 3 is 2.00 bits per heavy atom. The molecule has 0 heterocycles. The highest BCUT2D eigenvalue weighted by Gasteiger charge is 2.64. The summed E-state index contributed by atoms with van der Waals surface area (Å²) in [5.41, 5.74) is -0.706. The van der Waals surface area contributed by atoms with Crippen molar-refractivity contribution >= 4 is 5.97 Å². The smallest absolute Gasteiger partial charge is 0.448 e. The third kappa shape index (κ3) is 2.25. The van der Waals surface area contributed by atoms with E-state index >= 15 is 0 Å². The summed E-state index contributed by atoms with van der Waals surface area (Å²) in [5.74, 6) is -3.57. The predicted octanol–water partition coefficient (Wildman–Crippen LogP) is 2.83. The molecule has 98 valence electrons. The number of rotatable bonds is 3. The lowest BCUT2D eigenvalue weighted by Crippen LogP contribution is -2.17. The van der Waals surface area contributed by atoms with E-state index in [0.29, 0.717) is 0 Å². The summed E-state index contributed by atoms with van der Waals surface area (Å²) in [7, 11) is 0.942. The van der Waals surface area contributed by atoms with Gasteiger partial charge >= 0.3 is 12.1 Å². The van der Waals surface area contributed by atoms with E-state index in [1.807, 2.05) is 0 Å². The van der Waals surface area contributed by atoms with Crippen LogP contribution in [0.5, 0.6) is 0 Å². The number of carbonyl (C=O) groups is 1. The van der Waals surface area contributed by atoms with E-state index in [0.717, 1.165) is 7.11 Å². The molecule has 1 rings (SSSR count). The maximum atomic E-state index is 12.6. The Kier molecular flexibility index (Phi) is 3.20. The van der Waals surface area contributed by atoms with Crippen LogP contribution in [0.4, 0.5) is 13.2 Å². The van der Waals surface area contributed by atoms with Crippen LogP contribution in [0, 0.1) is 17.3 Å². The first-order chi connectivity index (χ1) is 7.55. The number of alkyl halides is 3. The van der Waals surface area contributed by atoms with Crippen molar-refractivity contribution in [1.29, 1.82) is 0 Å². The Labute approximate surface area is 97.3 Å². The Hall–Kier alpha value is -1.20. The summed E-state index contributed by atoms with van der Waals surface area (Å²) in [6.07, 6.45) is -4.58. The van der Waals surface area contributed by atoms with Gasteiger partial charge in [-0.1, -0.05) is 13.8 Å². The third-order valence-corrected chi connectivity index (χ3v) is 3.38. The first-order valence-electron chi connectivity index (χ1n) is 5.10. The van der Waals surface area contributed by atoms with Crippen LogP contribution in [0.2, 0.25) is 0 Å². The van der Waals surface area contributed by atoms with Crippen LogP contribution < -0.4 is 0 Å². The molecule has 0 aromatic rings. The second kappa shape index (κ2) is 3.92. The number of hydrogen-bond donors (Lipinski definition) is 1. The van der Waals surface area contributed by atoms with Gasteiger partial charge in [-0.15, -0.1) is 0 Å². The highest BCUT2D eigenvalue weighted by Crippen LogP contribution is 2.62. The van der Waals surface area contributed by atoms with Crippen molar-refractivity contribution in [1.82, 2.24) is 0 Å². The summed E-state index contributed by atoms with van der Waals surface area (Å²) < 4.78 is 42.2. The zero-order chi connectivity index (χ0) is 13.6. The Morgan fingerprint density at radius 2 is 1.76 bits per heavy atom. The number of carboxylic acid groups (broad SMARTS) is 1. The highest BCUT2D eigenvalue weighted by molar-refractivity contribution is 5.76. The van der Waals surface area contributed by atoms with Crippen LogP contribution >= 0.6 is 0 Å². The largest absolute Gasteiger partial charge is 0.492 e. The van der Waals surface area contributed by atoms with Crippen LogP contribution in [0.25, 0.3) is 0 Å². The fourth-order valence-electron chi connectivity index (χ4n) is 2.55. The molecular weight excluding hydrogens is 237 g/mol. The minimum Gasteiger partial charge on any atom is -0.492 e. The molecule has 3 nitrogen and oxygen atoms in total. The zero-order valence-electron chi connectivity index (χ0n) is 10.1. The Morgan fingerprint density at radius 1 is 1.29 bits per heavy atom. The predicted molar refractivity (Wildman–Crippen MR) is 54.2 cm³/mol. The second-order valence-electron chi connectivity index (χ2n) is 4.83. The SMILES string of the molecule is COC(=C(C)C1C(C(=O)O)C1(C)C)C(F)(F)F. The first-order valence-corrected chi connectivity index (χ1v) is 5.10. The Balaban J connectivity index is 3.10. The number of hydrogen-bond acceptors (Lipinski definition) is 2. The molecule has 1 aliphatic rings. The van der Waals surface area contributed by atoms with Crippen molar-refractivity contribution in [3.63, 3.8) is 0 Å². The van der Waals surface area contributed by atoms with E-state index in [2.05, 4.69) is 4.74 Å². The van der Waals surface area contributed by atoms with Crippen LogP contribution in [-0.4, -0.2) is 24.4 Å². The fourth-order valence-corrected chi connectivity index (χ4v) is 2.55. The summed E-state index contributed by atoms with van der Waals surface area (Å²) in [6, 6.07) is 0. The van der Waals surface area contributed by atoms with Gasteiger partial charge in [0.2, 0.25) is 0 Å². The van der Waals surface area contributed by atoms with Crippen molar-refractivity contribution in [3.8, 4) is 0 Å². The molecule has 1 fully saturated rings. The van der Waals surface area contributed by atoms with Gasteiger partial charge in [0, 0.05) is 5.92 Å². The quantitative estimate of drug-likeness (QED) is 0.785. The maximum Gasteiger partial charge on any atom is 0.448 e. The van der Waals surface area contributed by atoms with Crippen LogP contribution in [-0.2, 0) is 9.53 Å². The Bertz CT molecular complexity index is 369. The van der Waals surface area contributed by atoms with Gasteiger partial charge in [-0.05, 0) is 17.9 Å². The molecular formula is C11H15F3O3. The van der Waals surface area contributed by atoms with Crippen molar-refractivity contribution in [2.75, 3.05) is 7.11 Å². The molecule has 6 heteroatoms. The number of halogens is 3. The van der Waals surface area contributed by atoms with Gasteiger partial charge in [-0.25, -0.2) is 0 Å². The van der Waals surface area contributed by atoms with Gasteiger partial charge in [-0.3, -0.25) is 4.79 Å². The van der Waals surface area contributed by atoms with Gasteiger partial charge in [-0.2, -0.15) is 13.2 Å². The molecule has 0 radical (unpaired) electrons. The number of methoxy groups -OCH3 is 1. The van der Waals surface area contributed by atoms with E-state index in [1.165, 1.54) is 6.92 Å². The van der Waals surface area contributed by atoms with Gasteiger partial charge in [0.1, 0.15) is 0 Å². The monoisotopic (exact) mass is 252 g/mol. The van der Waals surface area contributed by atoms with E-state index in [-0.39, 0.29) is 5.57 Å². The molecule has 0 aliphatic heterocycles. The minimum absolute atomic E-state index is 0.0441. The van der Waals surface area contributed by atoms with Gasteiger partial charge in [0.05, 0.1) is 13.0 Å². The maximum absolute atomic E-state index is 12.6. The van der Waals surface area contributed by atoms with E-state index in [4.69, 9.17) is 5.11 Å². The molecule has 0 saturated heterocycles. The van der Waals surface area contributed by atoms with Crippen molar-refractivity contribution < 1.29 is 27.8 Å². The number of carboxylic acids is 1. The number of allylic oxidation sites excluding steroid dienone is 2. The van der Waals surface area contributed by atoms with E-state index < -0.39 is 35.2 Å². The van der Waals surface area contributed by atoms with Crippen molar-refractivity contribution in [2.24, 2.45) is 17.3 Å². The molecule has 1 aliphatic carbocycles. The molecule has 0 aromatic heterocycles. The summed E-state index contributed by atoms with van der Waals surface area (Å²) in [4.78, 5) is 10.9. The van der Waals surface area contributed by atoms with Gasteiger partial charge < -0.3 is 9.84 Å². The highest BCUT2D eigenvalue weighted by atomic mass is 19.4. The summed E-state index contributed by atoms with van der Waals surface area (Å²) in [6.45, 7) is 4.56. The molecule has 1 saturated carbocycles. The van der Waals surface area contributed by atoms with Crippen molar-refractivity contribution in [2.45, 2.75) is 26.9 Å². The van der Waals surface area contributed by atoms with E-state index in [1.54, 1.807) is 13.8 Å². The molecule has 17 heavy (non-hydrogen) atoms. The zero-order valence-corrected chi connectivity index (χ0v) is 10.1. The molecule has 0 bridgehead atoms. The fraction of sp³-hybridized carbons (Fsp3) is 0.727. The summed E-state index contributed by atoms with van der Waals surface area (Å²) >= 11 is 0. The molecule has 1 N–H and O–H groups in total. The number of aliphatic carboxylic acids is 1. The average molecular weight is 252 g/mol. The molecule has 2 unspecified atom stereocenters.